The van der Waals surface area contributed by atoms with E-state index < -0.39 is 5.54 Å². The lowest BCUT2D eigenvalue weighted by Gasteiger charge is -2.41. The van der Waals surface area contributed by atoms with Gasteiger partial charge in [0.25, 0.3) is 0 Å². The molecule has 2 aromatic carbocycles. The van der Waals surface area contributed by atoms with Gasteiger partial charge in [0, 0.05) is 0 Å². The number of carbonyl (C=O) groups is 1. The molecule has 0 amide bonds. The van der Waals surface area contributed by atoms with Gasteiger partial charge < -0.3 is 4.74 Å². The first-order valence-electron chi connectivity index (χ1n) is 8.25. The first-order chi connectivity index (χ1) is 11.2. The van der Waals surface area contributed by atoms with Crippen LogP contribution in [0.4, 0.5) is 0 Å². The van der Waals surface area contributed by atoms with Gasteiger partial charge in [0.15, 0.2) is 5.54 Å². The fourth-order valence-electron chi connectivity index (χ4n) is 3.19. The number of carbonyl (C=O) groups excluding carboxylic acids is 1. The molecule has 0 bridgehead atoms. The highest BCUT2D eigenvalue weighted by Gasteiger charge is 2.47. The predicted molar refractivity (Wildman–Crippen MR) is 100 cm³/mol. The second-order valence-corrected chi connectivity index (χ2v) is 5.34. The van der Waals surface area contributed by atoms with Crippen molar-refractivity contribution in [3.8, 4) is 0 Å². The number of rotatable bonds is 7. The lowest BCUT2D eigenvalue weighted by Crippen LogP contribution is -2.53. The van der Waals surface area contributed by atoms with Gasteiger partial charge >= 0.3 is 5.97 Å². The van der Waals surface area contributed by atoms with Gasteiger partial charge in [0.1, 0.15) is 0 Å². The third-order valence-corrected chi connectivity index (χ3v) is 4.19. The Balaban J connectivity index is 0.00000288. The van der Waals surface area contributed by atoms with Gasteiger partial charge in [-0.3, -0.25) is 4.90 Å². The van der Waals surface area contributed by atoms with Gasteiger partial charge in [-0.25, -0.2) is 4.79 Å². The molecule has 0 aliphatic rings. The molecule has 0 aliphatic carbocycles. The number of esters is 1. The van der Waals surface area contributed by atoms with E-state index in [-0.39, 0.29) is 18.4 Å². The molecule has 0 heterocycles. The van der Waals surface area contributed by atoms with Crippen molar-refractivity contribution in [3.05, 3.63) is 71.8 Å². The summed E-state index contributed by atoms with van der Waals surface area (Å²) >= 11 is 0. The third kappa shape index (κ3) is 3.63. The molecule has 130 valence electrons. The Morgan fingerprint density at radius 2 is 1.29 bits per heavy atom. The van der Waals surface area contributed by atoms with Crippen LogP contribution < -0.4 is 0 Å². The van der Waals surface area contributed by atoms with Crippen molar-refractivity contribution < 1.29 is 9.53 Å². The molecule has 2 aromatic rings. The zero-order valence-corrected chi connectivity index (χ0v) is 15.4. The number of ether oxygens (including phenoxy) is 1. The van der Waals surface area contributed by atoms with E-state index in [1.54, 1.807) is 0 Å². The smallest absolute Gasteiger partial charge is 0.335 e. The maximum absolute atomic E-state index is 13.2. The van der Waals surface area contributed by atoms with E-state index in [1.165, 1.54) is 0 Å². The van der Waals surface area contributed by atoms with Crippen molar-refractivity contribution in [1.29, 1.82) is 0 Å². The Morgan fingerprint density at radius 1 is 0.875 bits per heavy atom. The van der Waals surface area contributed by atoms with Crippen LogP contribution in [-0.2, 0) is 15.1 Å². The minimum atomic E-state index is -0.915. The number of nitrogens with zero attached hydrogens (tertiary/aromatic N) is 1. The molecule has 0 spiro atoms. The summed E-state index contributed by atoms with van der Waals surface area (Å²) in [4.78, 5) is 15.3. The lowest BCUT2D eigenvalue weighted by molar-refractivity contribution is -0.155. The summed E-state index contributed by atoms with van der Waals surface area (Å²) in [5, 5.41) is 0. The van der Waals surface area contributed by atoms with Gasteiger partial charge in [-0.1, -0.05) is 74.5 Å². The van der Waals surface area contributed by atoms with Crippen LogP contribution in [0.1, 0.15) is 31.9 Å². The van der Waals surface area contributed by atoms with Gasteiger partial charge in [-0.2, -0.15) is 0 Å². The van der Waals surface area contributed by atoms with E-state index in [2.05, 4.69) is 18.7 Å². The quantitative estimate of drug-likeness (QED) is 0.701. The van der Waals surface area contributed by atoms with Gasteiger partial charge in [0.05, 0.1) is 6.61 Å². The van der Waals surface area contributed by atoms with Gasteiger partial charge in [-0.15, -0.1) is 12.4 Å². The topological polar surface area (TPSA) is 29.5 Å². The van der Waals surface area contributed by atoms with E-state index in [0.29, 0.717) is 6.61 Å². The number of benzene rings is 2. The van der Waals surface area contributed by atoms with Crippen molar-refractivity contribution in [2.24, 2.45) is 0 Å². The molecule has 0 atom stereocenters. The van der Waals surface area contributed by atoms with E-state index in [4.69, 9.17) is 4.74 Å². The largest absolute Gasteiger partial charge is 0.464 e. The molecular formula is C20H26ClNO2. The van der Waals surface area contributed by atoms with E-state index in [1.807, 2.05) is 67.6 Å². The first-order valence-corrected chi connectivity index (χ1v) is 8.25. The van der Waals surface area contributed by atoms with Crippen LogP contribution in [0.5, 0.6) is 0 Å². The standard InChI is InChI=1S/C20H25NO2.ClH/c1-4-21(5-2)20(19(22)23-6-3,17-13-9-7-10-14-17)18-15-11-8-12-16-18;/h7-16H,4-6H2,1-3H3;1H. The zero-order chi connectivity index (χ0) is 16.7. The lowest BCUT2D eigenvalue weighted by atomic mass is 9.81. The normalized spacial score (nSPS) is 11.0. The van der Waals surface area contributed by atoms with Crippen molar-refractivity contribution >= 4 is 18.4 Å². The van der Waals surface area contributed by atoms with E-state index in [0.717, 1.165) is 24.2 Å². The number of hydrogen-bond acceptors (Lipinski definition) is 3. The first kappa shape index (κ1) is 20.2. The molecule has 0 fully saturated rings. The van der Waals surface area contributed by atoms with Crippen molar-refractivity contribution in [2.75, 3.05) is 19.7 Å². The van der Waals surface area contributed by atoms with Crippen LogP contribution in [0.3, 0.4) is 0 Å². The van der Waals surface area contributed by atoms with Crippen LogP contribution in [0.15, 0.2) is 60.7 Å². The molecule has 0 radical (unpaired) electrons. The molecule has 2 rings (SSSR count). The fourth-order valence-corrected chi connectivity index (χ4v) is 3.19. The summed E-state index contributed by atoms with van der Waals surface area (Å²) in [6.07, 6.45) is 0. The summed E-state index contributed by atoms with van der Waals surface area (Å²) in [5.41, 5.74) is 0.962. The van der Waals surface area contributed by atoms with Crippen LogP contribution in [0.2, 0.25) is 0 Å². The summed E-state index contributed by atoms with van der Waals surface area (Å²) in [5.74, 6) is -0.221. The number of halogens is 1. The van der Waals surface area contributed by atoms with Crippen LogP contribution >= 0.6 is 12.4 Å². The molecule has 0 aromatic heterocycles. The van der Waals surface area contributed by atoms with E-state index in [9.17, 15) is 4.79 Å². The third-order valence-electron chi connectivity index (χ3n) is 4.19. The summed E-state index contributed by atoms with van der Waals surface area (Å²) in [6.45, 7) is 7.85. The molecule has 0 aliphatic heterocycles. The Labute approximate surface area is 151 Å². The maximum Gasteiger partial charge on any atom is 0.335 e. The van der Waals surface area contributed by atoms with Crippen molar-refractivity contribution in [3.63, 3.8) is 0 Å². The summed E-state index contributed by atoms with van der Waals surface area (Å²) < 4.78 is 5.52. The fraction of sp³-hybridized carbons (Fsp3) is 0.350. The highest BCUT2D eigenvalue weighted by atomic mass is 35.5. The van der Waals surface area contributed by atoms with Crippen molar-refractivity contribution in [1.82, 2.24) is 4.90 Å². The van der Waals surface area contributed by atoms with Gasteiger partial charge in [0.2, 0.25) is 0 Å². The highest BCUT2D eigenvalue weighted by Crippen LogP contribution is 2.37. The molecule has 0 saturated carbocycles. The molecule has 0 saturated heterocycles. The Hall–Kier alpha value is -1.84. The van der Waals surface area contributed by atoms with Crippen molar-refractivity contribution in [2.45, 2.75) is 26.3 Å². The predicted octanol–water partition coefficient (Wildman–Crippen LogP) is 4.26. The van der Waals surface area contributed by atoms with Crippen LogP contribution in [0.25, 0.3) is 0 Å². The Morgan fingerprint density at radius 3 is 1.62 bits per heavy atom. The minimum absolute atomic E-state index is 0. The highest BCUT2D eigenvalue weighted by molar-refractivity contribution is 5.87. The Bertz CT molecular complexity index is 573. The SMILES string of the molecule is CCOC(=O)C(c1ccccc1)(c1ccccc1)N(CC)CC.Cl. The molecule has 0 N–H and O–H groups in total. The molecule has 4 heteroatoms. The summed E-state index contributed by atoms with van der Waals surface area (Å²) in [6, 6.07) is 19.8. The monoisotopic (exact) mass is 347 g/mol. The molecule has 3 nitrogen and oxygen atoms in total. The second-order valence-electron chi connectivity index (χ2n) is 5.34. The zero-order valence-electron chi connectivity index (χ0n) is 14.6. The maximum atomic E-state index is 13.2. The van der Waals surface area contributed by atoms with Crippen LogP contribution in [0, 0.1) is 0 Å². The molecular weight excluding hydrogens is 322 g/mol. The van der Waals surface area contributed by atoms with Gasteiger partial charge in [-0.05, 0) is 31.1 Å². The van der Waals surface area contributed by atoms with E-state index >= 15 is 0 Å². The second kappa shape index (κ2) is 9.45. The molecule has 24 heavy (non-hydrogen) atoms. The average molecular weight is 348 g/mol. The minimum Gasteiger partial charge on any atom is -0.464 e. The molecule has 0 unspecified atom stereocenters. The Kier molecular flexibility index (Phi) is 7.96. The summed E-state index contributed by atoms with van der Waals surface area (Å²) in [7, 11) is 0. The number of hydrogen-bond donors (Lipinski definition) is 0. The van der Waals surface area contributed by atoms with Crippen LogP contribution in [-0.4, -0.2) is 30.6 Å². The average Bonchev–Trinajstić information content (AvgIpc) is 2.61. The number of likely N-dealkylation sites (N-methyl/N-ethyl adjacent to an activating group) is 1.